The van der Waals surface area contributed by atoms with Gasteiger partial charge in [-0.15, -0.1) is 0 Å². The van der Waals surface area contributed by atoms with Crippen LogP contribution in [0.4, 0.5) is 0 Å². The number of hydrogen-bond acceptors (Lipinski definition) is 1. The van der Waals surface area contributed by atoms with E-state index in [0.29, 0.717) is 0 Å². The first kappa shape index (κ1) is 33.1. The average Bonchev–Trinajstić information content (AvgIpc) is 3.67. The van der Waals surface area contributed by atoms with E-state index in [9.17, 15) is 0 Å². The van der Waals surface area contributed by atoms with Crippen LogP contribution in [0.2, 0.25) is 0 Å². The molecule has 1 heterocycles. The molecule has 0 aliphatic rings. The summed E-state index contributed by atoms with van der Waals surface area (Å²) in [6.07, 6.45) is 0.870. The fraction of sp³-hybridized carbons (Fsp3) is 0.0364. The van der Waals surface area contributed by atoms with Gasteiger partial charge in [-0.1, -0.05) is 171 Å². The van der Waals surface area contributed by atoms with Crippen molar-refractivity contribution >= 4 is 54.1 Å². The summed E-state index contributed by atoms with van der Waals surface area (Å²) >= 11 is 0. The number of para-hydroxylation sites is 2. The lowest BCUT2D eigenvalue weighted by atomic mass is 9.83. The van der Waals surface area contributed by atoms with E-state index in [1.807, 2.05) is 0 Å². The lowest BCUT2D eigenvalue weighted by molar-refractivity contribution is 0.908. The maximum Gasteiger partial charge on any atom is 0.114 e. The van der Waals surface area contributed by atoms with Crippen molar-refractivity contribution < 1.29 is 0 Å². The molecule has 11 aromatic rings. The zero-order valence-electron chi connectivity index (χ0n) is 31.7. The van der Waals surface area contributed by atoms with Crippen LogP contribution in [0.25, 0.3) is 104 Å². The van der Waals surface area contributed by atoms with Gasteiger partial charge in [0.25, 0.3) is 0 Å². The van der Waals surface area contributed by atoms with Crippen LogP contribution in [-0.2, 0) is 6.42 Å². The highest BCUT2D eigenvalue weighted by atomic mass is 15.1. The summed E-state index contributed by atoms with van der Waals surface area (Å²) in [7, 11) is 0. The Labute approximate surface area is 331 Å². The van der Waals surface area contributed by atoms with Crippen LogP contribution in [0, 0.1) is 0 Å². The third kappa shape index (κ3) is 5.44. The molecule has 0 unspecified atom stereocenters. The van der Waals surface area contributed by atoms with Gasteiger partial charge in [-0.2, -0.15) is 0 Å². The van der Waals surface area contributed by atoms with Crippen molar-refractivity contribution in [2.45, 2.75) is 13.3 Å². The monoisotopic (exact) mass is 726 g/mol. The third-order valence-corrected chi connectivity index (χ3v) is 11.7. The average molecular weight is 727 g/mol. The topological polar surface area (TPSA) is 17.8 Å². The van der Waals surface area contributed by atoms with Gasteiger partial charge < -0.3 is 0 Å². The Kier molecular flexibility index (Phi) is 7.82. The number of nitrogens with zero attached hydrogens (tertiary/aromatic N) is 2. The second-order valence-corrected chi connectivity index (χ2v) is 14.9. The van der Waals surface area contributed by atoms with E-state index in [-0.39, 0.29) is 0 Å². The van der Waals surface area contributed by atoms with E-state index >= 15 is 0 Å². The van der Waals surface area contributed by atoms with Gasteiger partial charge in [0, 0.05) is 12.1 Å². The van der Waals surface area contributed by atoms with Crippen molar-refractivity contribution in [3.05, 3.63) is 206 Å². The zero-order chi connectivity index (χ0) is 37.9. The first-order valence-electron chi connectivity index (χ1n) is 19.9. The number of fused-ring (bicyclic) bond motifs is 6. The van der Waals surface area contributed by atoms with Crippen LogP contribution in [0.1, 0.15) is 12.7 Å². The molecule has 0 saturated heterocycles. The van der Waals surface area contributed by atoms with Crippen LogP contribution < -0.4 is 0 Å². The molecule has 0 amide bonds. The summed E-state index contributed by atoms with van der Waals surface area (Å²) in [5, 5.41) is 10.1. The second kappa shape index (κ2) is 13.5. The Hall–Kier alpha value is -7.29. The third-order valence-electron chi connectivity index (χ3n) is 11.7. The molecule has 10 aromatic carbocycles. The second-order valence-electron chi connectivity index (χ2n) is 14.9. The zero-order valence-corrected chi connectivity index (χ0v) is 31.7. The van der Waals surface area contributed by atoms with Crippen LogP contribution in [0.5, 0.6) is 0 Å². The smallest absolute Gasteiger partial charge is 0.114 e. The van der Waals surface area contributed by atoms with Crippen LogP contribution >= 0.6 is 0 Å². The molecule has 57 heavy (non-hydrogen) atoms. The molecule has 11 rings (SSSR count). The number of aryl methyl sites for hydroxylation is 1. The molecule has 2 nitrogen and oxygen atoms in total. The number of imidazole rings is 1. The number of hydrogen-bond donors (Lipinski definition) is 0. The van der Waals surface area contributed by atoms with Crippen LogP contribution in [-0.4, -0.2) is 9.55 Å². The minimum atomic E-state index is 0.870. The van der Waals surface area contributed by atoms with Gasteiger partial charge in [0.2, 0.25) is 0 Å². The Balaban J connectivity index is 1.10. The minimum Gasteiger partial charge on any atom is -0.296 e. The molecule has 0 saturated carbocycles. The summed E-state index contributed by atoms with van der Waals surface area (Å²) < 4.78 is 2.28. The normalized spacial score (nSPS) is 11.7. The molecule has 0 N–H and O–H groups in total. The summed E-state index contributed by atoms with van der Waals surface area (Å²) in [5.41, 5.74) is 13.1. The van der Waals surface area contributed by atoms with E-state index in [2.05, 4.69) is 212 Å². The maximum absolute atomic E-state index is 4.90. The molecular formula is C55H38N2. The summed E-state index contributed by atoms with van der Waals surface area (Å²) in [6.45, 7) is 2.17. The van der Waals surface area contributed by atoms with Gasteiger partial charge in [0.05, 0.1) is 11.0 Å². The number of rotatable bonds is 6. The highest BCUT2D eigenvalue weighted by Crippen LogP contribution is 2.47. The summed E-state index contributed by atoms with van der Waals surface area (Å²) in [5.74, 6) is 1.07. The van der Waals surface area contributed by atoms with Gasteiger partial charge in [0.1, 0.15) is 5.82 Å². The maximum atomic E-state index is 4.90. The Bertz CT molecular complexity index is 3300. The van der Waals surface area contributed by atoms with Gasteiger partial charge in [-0.3, -0.25) is 4.57 Å². The number of aromatic nitrogens is 2. The largest absolute Gasteiger partial charge is 0.296 e. The van der Waals surface area contributed by atoms with Crippen molar-refractivity contribution in [2.24, 2.45) is 0 Å². The molecule has 1 aromatic heterocycles. The van der Waals surface area contributed by atoms with E-state index in [4.69, 9.17) is 4.98 Å². The SMILES string of the molecule is CCc1nc2ccccc2n1-c1ccc(-c2ccc(-c3c4ccccc4c(-c4cc5ccccc5c5ccccc45)c4cc(-c5ccccc5)ccc34)cc2)cc1. The predicted molar refractivity (Wildman–Crippen MR) is 242 cm³/mol. The highest BCUT2D eigenvalue weighted by Gasteiger charge is 2.20. The summed E-state index contributed by atoms with van der Waals surface area (Å²) in [6, 6.07) is 73.4. The fourth-order valence-corrected chi connectivity index (χ4v) is 9.08. The predicted octanol–water partition coefficient (Wildman–Crippen LogP) is 14.9. The molecule has 268 valence electrons. The van der Waals surface area contributed by atoms with Gasteiger partial charge in [-0.05, 0) is 124 Å². The minimum absolute atomic E-state index is 0.870. The number of benzene rings is 10. The van der Waals surface area contributed by atoms with Gasteiger partial charge >= 0.3 is 0 Å². The van der Waals surface area contributed by atoms with E-state index < -0.39 is 0 Å². The van der Waals surface area contributed by atoms with Crippen LogP contribution in [0.15, 0.2) is 200 Å². The standard InChI is InChI=1S/C55H38N2/c1-2-53-56-51-22-12-13-23-52(51)57(53)42-31-28-38(29-32-42)37-24-26-39(27-25-37)54-46-20-10-11-21-47(46)55(50-34-40(30-33-48(50)54)36-14-4-3-5-15-36)49-35-41-16-6-7-17-43(41)44-18-8-9-19-45(44)49/h3-35H,2H2,1H3. The first-order valence-corrected chi connectivity index (χ1v) is 19.9. The van der Waals surface area contributed by atoms with E-state index in [1.165, 1.54) is 87.6 Å². The van der Waals surface area contributed by atoms with Crippen LogP contribution in [0.3, 0.4) is 0 Å². The highest BCUT2D eigenvalue weighted by molar-refractivity contribution is 6.26. The molecule has 0 fully saturated rings. The summed E-state index contributed by atoms with van der Waals surface area (Å²) in [4.78, 5) is 4.90. The Morgan fingerprint density at radius 3 is 1.68 bits per heavy atom. The van der Waals surface area contributed by atoms with Crippen molar-refractivity contribution in [2.75, 3.05) is 0 Å². The van der Waals surface area contributed by atoms with Gasteiger partial charge in [0.15, 0.2) is 0 Å². The lowest BCUT2D eigenvalue weighted by Gasteiger charge is -2.20. The molecule has 2 heteroatoms. The fourth-order valence-electron chi connectivity index (χ4n) is 9.08. The molecule has 0 atom stereocenters. The molecule has 0 aliphatic carbocycles. The quantitative estimate of drug-likeness (QED) is 0.123. The molecule has 0 spiro atoms. The molecule has 0 radical (unpaired) electrons. The van der Waals surface area contributed by atoms with Crippen molar-refractivity contribution in [3.63, 3.8) is 0 Å². The van der Waals surface area contributed by atoms with Gasteiger partial charge in [-0.25, -0.2) is 4.98 Å². The van der Waals surface area contributed by atoms with Crippen molar-refractivity contribution in [1.82, 2.24) is 9.55 Å². The van der Waals surface area contributed by atoms with E-state index in [0.717, 1.165) is 29.0 Å². The van der Waals surface area contributed by atoms with Crippen molar-refractivity contribution in [1.29, 1.82) is 0 Å². The van der Waals surface area contributed by atoms with E-state index in [1.54, 1.807) is 0 Å². The Morgan fingerprint density at radius 1 is 0.386 bits per heavy atom. The lowest BCUT2D eigenvalue weighted by Crippen LogP contribution is -1.99. The van der Waals surface area contributed by atoms with Crippen molar-refractivity contribution in [3.8, 4) is 50.2 Å². The molecule has 0 bridgehead atoms. The molecular weight excluding hydrogens is 689 g/mol. The Morgan fingerprint density at radius 2 is 0.930 bits per heavy atom. The molecule has 0 aliphatic heterocycles. The first-order chi connectivity index (χ1) is 28.2.